The SMILES string of the molecule is O=C(N[C@H]1c2ncnn2CC[C@@]12CCN(C(=O)C1CC1)C2)c1cccs1. The molecule has 26 heavy (non-hydrogen) atoms. The number of carbonyl (C=O) groups is 2. The fraction of sp³-hybridized carbons (Fsp3) is 0.556. The van der Waals surface area contributed by atoms with Gasteiger partial charge in [-0.3, -0.25) is 9.59 Å². The fourth-order valence-corrected chi connectivity index (χ4v) is 4.98. The molecular weight excluding hydrogens is 350 g/mol. The number of aromatic nitrogens is 3. The Labute approximate surface area is 155 Å². The topological polar surface area (TPSA) is 80.1 Å². The zero-order valence-corrected chi connectivity index (χ0v) is 15.2. The van der Waals surface area contributed by atoms with E-state index in [1.54, 1.807) is 6.33 Å². The molecular formula is C18H21N5O2S. The summed E-state index contributed by atoms with van der Waals surface area (Å²) >= 11 is 1.43. The molecule has 0 radical (unpaired) electrons. The van der Waals surface area contributed by atoms with Crippen molar-refractivity contribution < 1.29 is 9.59 Å². The zero-order valence-electron chi connectivity index (χ0n) is 14.4. The van der Waals surface area contributed by atoms with Gasteiger partial charge in [0.1, 0.15) is 12.2 Å². The number of aryl methyl sites for hydroxylation is 1. The molecule has 2 aliphatic heterocycles. The van der Waals surface area contributed by atoms with E-state index in [9.17, 15) is 9.59 Å². The summed E-state index contributed by atoms with van der Waals surface area (Å²) in [4.78, 5) is 32.4. The number of nitrogens with one attached hydrogen (secondary N) is 1. The van der Waals surface area contributed by atoms with Crippen LogP contribution >= 0.6 is 11.3 Å². The summed E-state index contributed by atoms with van der Waals surface area (Å²) in [5.41, 5.74) is -0.152. The van der Waals surface area contributed by atoms with Gasteiger partial charge in [-0.1, -0.05) is 6.07 Å². The second-order valence-corrected chi connectivity index (χ2v) is 8.57. The third kappa shape index (κ3) is 2.55. The average molecular weight is 371 g/mol. The lowest BCUT2D eigenvalue weighted by Crippen LogP contribution is -2.48. The summed E-state index contributed by atoms with van der Waals surface area (Å²) in [5.74, 6) is 1.25. The summed E-state index contributed by atoms with van der Waals surface area (Å²) in [5, 5.41) is 9.41. The van der Waals surface area contributed by atoms with E-state index in [1.165, 1.54) is 11.3 Å². The largest absolute Gasteiger partial charge is 0.342 e. The Morgan fingerprint density at radius 2 is 2.12 bits per heavy atom. The highest BCUT2D eigenvalue weighted by molar-refractivity contribution is 7.12. The number of hydrogen-bond acceptors (Lipinski definition) is 5. The van der Waals surface area contributed by atoms with Crippen molar-refractivity contribution >= 4 is 23.2 Å². The van der Waals surface area contributed by atoms with E-state index in [0.29, 0.717) is 11.4 Å². The summed E-state index contributed by atoms with van der Waals surface area (Å²) in [6.45, 7) is 2.26. The summed E-state index contributed by atoms with van der Waals surface area (Å²) in [6, 6.07) is 3.49. The summed E-state index contributed by atoms with van der Waals surface area (Å²) < 4.78 is 1.88. The second-order valence-electron chi connectivity index (χ2n) is 7.62. The van der Waals surface area contributed by atoms with E-state index in [4.69, 9.17) is 0 Å². The van der Waals surface area contributed by atoms with Crippen LogP contribution in [-0.4, -0.2) is 44.6 Å². The van der Waals surface area contributed by atoms with Crippen LogP contribution in [0.1, 0.15) is 47.2 Å². The minimum absolute atomic E-state index is 0.0761. The van der Waals surface area contributed by atoms with Crippen LogP contribution in [0.2, 0.25) is 0 Å². The summed E-state index contributed by atoms with van der Waals surface area (Å²) in [6.07, 6.45) is 5.39. The molecule has 136 valence electrons. The highest BCUT2D eigenvalue weighted by Crippen LogP contribution is 2.48. The van der Waals surface area contributed by atoms with Gasteiger partial charge in [0.25, 0.3) is 5.91 Å². The number of nitrogens with zero attached hydrogens (tertiary/aromatic N) is 4. The minimum Gasteiger partial charge on any atom is -0.342 e. The predicted molar refractivity (Wildman–Crippen MR) is 95.5 cm³/mol. The van der Waals surface area contributed by atoms with Crippen molar-refractivity contribution in [3.8, 4) is 0 Å². The molecule has 3 aliphatic rings. The van der Waals surface area contributed by atoms with Crippen molar-refractivity contribution in [2.75, 3.05) is 13.1 Å². The molecule has 1 spiro atoms. The van der Waals surface area contributed by atoms with E-state index in [-0.39, 0.29) is 29.2 Å². The third-order valence-corrected chi connectivity index (χ3v) is 6.85. The van der Waals surface area contributed by atoms with E-state index < -0.39 is 0 Å². The lowest BCUT2D eigenvalue weighted by molar-refractivity contribution is -0.132. The molecule has 1 aliphatic carbocycles. The average Bonchev–Trinajstić information content (AvgIpc) is 3.08. The first-order valence-electron chi connectivity index (χ1n) is 9.17. The molecule has 2 amide bonds. The predicted octanol–water partition coefficient (Wildman–Crippen LogP) is 1.84. The molecule has 5 rings (SSSR count). The molecule has 1 saturated heterocycles. The smallest absolute Gasteiger partial charge is 0.261 e. The van der Waals surface area contributed by atoms with Gasteiger partial charge in [-0.2, -0.15) is 5.10 Å². The van der Waals surface area contributed by atoms with Gasteiger partial charge in [-0.05, 0) is 37.1 Å². The Kier molecular flexibility index (Phi) is 3.63. The molecule has 0 unspecified atom stereocenters. The lowest BCUT2D eigenvalue weighted by Gasteiger charge is -2.40. The van der Waals surface area contributed by atoms with Gasteiger partial charge >= 0.3 is 0 Å². The van der Waals surface area contributed by atoms with Crippen molar-refractivity contribution in [2.45, 2.75) is 38.3 Å². The molecule has 7 nitrogen and oxygen atoms in total. The Morgan fingerprint density at radius 1 is 1.27 bits per heavy atom. The molecule has 2 aromatic heterocycles. The number of amides is 2. The van der Waals surface area contributed by atoms with E-state index in [0.717, 1.165) is 44.6 Å². The Bertz CT molecular complexity index is 844. The number of thiophene rings is 1. The fourth-order valence-electron chi connectivity index (χ4n) is 4.36. The molecule has 8 heteroatoms. The van der Waals surface area contributed by atoms with Crippen LogP contribution in [0.5, 0.6) is 0 Å². The van der Waals surface area contributed by atoms with Gasteiger partial charge in [0, 0.05) is 31.0 Å². The van der Waals surface area contributed by atoms with Crippen molar-refractivity contribution in [3.63, 3.8) is 0 Å². The lowest BCUT2D eigenvalue weighted by atomic mass is 9.74. The monoisotopic (exact) mass is 371 g/mol. The molecule has 2 fully saturated rings. The van der Waals surface area contributed by atoms with Crippen LogP contribution in [0.4, 0.5) is 0 Å². The van der Waals surface area contributed by atoms with Gasteiger partial charge in [0.05, 0.1) is 10.9 Å². The van der Waals surface area contributed by atoms with Crippen molar-refractivity contribution in [1.29, 1.82) is 0 Å². The maximum absolute atomic E-state index is 12.7. The van der Waals surface area contributed by atoms with Gasteiger partial charge in [0.15, 0.2) is 0 Å². The normalized spacial score (nSPS) is 27.5. The van der Waals surface area contributed by atoms with Gasteiger partial charge in [-0.25, -0.2) is 9.67 Å². The standard InChI is InChI=1S/C18H21N5O2S/c24-16(13-2-1-9-26-13)21-14-15-19-11-20-23(15)8-6-18(14)5-7-22(10-18)17(25)12-3-4-12/h1-2,9,11-12,14H,3-8,10H2,(H,21,24)/t14-,18+/m0/s1. The summed E-state index contributed by atoms with van der Waals surface area (Å²) in [7, 11) is 0. The molecule has 4 heterocycles. The molecule has 1 saturated carbocycles. The van der Waals surface area contributed by atoms with Gasteiger partial charge < -0.3 is 10.2 Å². The zero-order chi connectivity index (χ0) is 17.7. The Balaban J connectivity index is 1.44. The molecule has 2 aromatic rings. The number of likely N-dealkylation sites (tertiary alicyclic amines) is 1. The van der Waals surface area contributed by atoms with Crippen LogP contribution in [0, 0.1) is 11.3 Å². The number of hydrogen-bond donors (Lipinski definition) is 1. The first-order valence-corrected chi connectivity index (χ1v) is 10.1. The first kappa shape index (κ1) is 16.0. The Morgan fingerprint density at radius 3 is 2.88 bits per heavy atom. The van der Waals surface area contributed by atoms with Gasteiger partial charge in [0.2, 0.25) is 5.91 Å². The van der Waals surface area contributed by atoms with Crippen LogP contribution < -0.4 is 5.32 Å². The third-order valence-electron chi connectivity index (χ3n) is 5.98. The van der Waals surface area contributed by atoms with Crippen molar-refractivity contribution in [2.24, 2.45) is 11.3 Å². The number of carbonyl (C=O) groups excluding carboxylic acids is 2. The molecule has 2 atom stereocenters. The highest BCUT2D eigenvalue weighted by Gasteiger charge is 2.51. The second kappa shape index (κ2) is 5.90. The van der Waals surface area contributed by atoms with Crippen LogP contribution in [0.3, 0.4) is 0 Å². The van der Waals surface area contributed by atoms with Crippen LogP contribution in [0.15, 0.2) is 23.8 Å². The van der Waals surface area contributed by atoms with E-state index in [1.807, 2.05) is 27.1 Å². The highest BCUT2D eigenvalue weighted by atomic mass is 32.1. The van der Waals surface area contributed by atoms with E-state index in [2.05, 4.69) is 15.4 Å². The minimum atomic E-state index is -0.217. The molecule has 1 N–H and O–H groups in total. The first-order chi connectivity index (χ1) is 12.7. The van der Waals surface area contributed by atoms with Crippen LogP contribution in [0.25, 0.3) is 0 Å². The quantitative estimate of drug-likeness (QED) is 0.893. The Hall–Kier alpha value is -2.22. The van der Waals surface area contributed by atoms with E-state index >= 15 is 0 Å². The maximum Gasteiger partial charge on any atom is 0.261 e. The number of fused-ring (bicyclic) bond motifs is 1. The molecule has 0 aromatic carbocycles. The van der Waals surface area contributed by atoms with Gasteiger partial charge in [-0.15, -0.1) is 11.3 Å². The van der Waals surface area contributed by atoms with Crippen molar-refractivity contribution in [1.82, 2.24) is 25.0 Å². The maximum atomic E-state index is 12.7. The van der Waals surface area contributed by atoms with Crippen molar-refractivity contribution in [3.05, 3.63) is 34.5 Å². The number of rotatable bonds is 3. The van der Waals surface area contributed by atoms with Crippen LogP contribution in [-0.2, 0) is 11.3 Å². The molecule has 0 bridgehead atoms.